The minimum absolute atomic E-state index is 0.00614. The first kappa shape index (κ1) is 22.7. The highest BCUT2D eigenvalue weighted by Gasteiger charge is 2.23. The van der Waals surface area contributed by atoms with Gasteiger partial charge >= 0.3 is 6.09 Å². The van der Waals surface area contributed by atoms with Crippen LogP contribution < -0.4 is 10.6 Å². The lowest BCUT2D eigenvalue weighted by Gasteiger charge is -2.21. The molecule has 0 fully saturated rings. The molecule has 0 aliphatic rings. The molecule has 0 aliphatic heterocycles. The fourth-order valence-electron chi connectivity index (χ4n) is 2.29. The molecule has 1 atom stereocenters. The summed E-state index contributed by atoms with van der Waals surface area (Å²) in [5, 5.41) is 5.04. The Balaban J connectivity index is 2.11. The molecule has 7 nitrogen and oxygen atoms in total. The third-order valence-corrected chi connectivity index (χ3v) is 5.77. The van der Waals surface area contributed by atoms with Crippen molar-refractivity contribution in [3.05, 3.63) is 53.6 Å². The van der Waals surface area contributed by atoms with Crippen molar-refractivity contribution in [1.29, 1.82) is 0 Å². The van der Waals surface area contributed by atoms with Crippen molar-refractivity contribution >= 4 is 39.1 Å². The van der Waals surface area contributed by atoms with E-state index in [0.717, 1.165) is 0 Å². The molecule has 2 amide bonds. The van der Waals surface area contributed by atoms with Crippen molar-refractivity contribution in [2.75, 3.05) is 5.32 Å². The van der Waals surface area contributed by atoms with Crippen LogP contribution in [0.3, 0.4) is 0 Å². The minimum Gasteiger partial charge on any atom is -0.444 e. The molecule has 29 heavy (non-hydrogen) atoms. The van der Waals surface area contributed by atoms with E-state index in [4.69, 9.17) is 16.3 Å². The highest BCUT2D eigenvalue weighted by Crippen LogP contribution is 2.28. The van der Waals surface area contributed by atoms with E-state index in [2.05, 4.69) is 10.6 Å². The van der Waals surface area contributed by atoms with Gasteiger partial charge in [-0.1, -0.05) is 29.8 Å². The number of halogens is 1. The Morgan fingerprint density at radius 3 is 2.21 bits per heavy atom. The second-order valence-corrected chi connectivity index (χ2v) is 9.67. The van der Waals surface area contributed by atoms with Gasteiger partial charge in [-0.25, -0.2) is 13.2 Å². The van der Waals surface area contributed by atoms with Crippen LogP contribution in [0, 0.1) is 0 Å². The van der Waals surface area contributed by atoms with Crippen LogP contribution in [0.15, 0.2) is 58.3 Å². The molecule has 0 aromatic heterocycles. The van der Waals surface area contributed by atoms with Crippen LogP contribution in [-0.4, -0.2) is 32.1 Å². The number of hydrogen-bond acceptors (Lipinski definition) is 5. The molecule has 0 aliphatic carbocycles. The summed E-state index contributed by atoms with van der Waals surface area (Å²) in [7, 11) is -3.73. The molecule has 9 heteroatoms. The quantitative estimate of drug-likeness (QED) is 0.733. The number of anilines is 1. The van der Waals surface area contributed by atoms with Gasteiger partial charge in [0.25, 0.3) is 0 Å². The number of ether oxygens (including phenoxy) is 1. The zero-order chi connectivity index (χ0) is 21.8. The average Bonchev–Trinajstić information content (AvgIpc) is 2.62. The van der Waals surface area contributed by atoms with Crippen molar-refractivity contribution in [3.63, 3.8) is 0 Å². The zero-order valence-corrected chi connectivity index (χ0v) is 18.1. The summed E-state index contributed by atoms with van der Waals surface area (Å²) in [6.07, 6.45) is -0.726. The predicted octanol–water partition coefficient (Wildman–Crippen LogP) is 4.02. The molecule has 0 spiro atoms. The Hall–Kier alpha value is -2.58. The molecule has 0 unspecified atom stereocenters. The fraction of sp³-hybridized carbons (Fsp3) is 0.300. The second-order valence-electron chi connectivity index (χ2n) is 7.32. The molecule has 0 radical (unpaired) electrons. The number of alkyl carbamates (subject to hydrolysis) is 1. The minimum atomic E-state index is -3.73. The lowest BCUT2D eigenvalue weighted by molar-refractivity contribution is -0.117. The van der Waals surface area contributed by atoms with E-state index in [1.54, 1.807) is 39.0 Å². The Morgan fingerprint density at radius 2 is 1.66 bits per heavy atom. The van der Waals surface area contributed by atoms with Crippen molar-refractivity contribution in [2.45, 2.75) is 49.1 Å². The number of hydrogen-bond donors (Lipinski definition) is 2. The highest BCUT2D eigenvalue weighted by molar-refractivity contribution is 7.91. The number of carbonyl (C=O) groups is 2. The van der Waals surface area contributed by atoms with Gasteiger partial charge in [0.2, 0.25) is 15.7 Å². The summed E-state index contributed by atoms with van der Waals surface area (Å²) < 4.78 is 30.4. The van der Waals surface area contributed by atoms with Gasteiger partial charge in [0.15, 0.2) is 0 Å². The van der Waals surface area contributed by atoms with Crippen LogP contribution in [0.5, 0.6) is 0 Å². The second kappa shape index (κ2) is 8.84. The predicted molar refractivity (Wildman–Crippen MR) is 111 cm³/mol. The van der Waals surface area contributed by atoms with Crippen molar-refractivity contribution in [2.24, 2.45) is 0 Å². The molecule has 156 valence electrons. The smallest absolute Gasteiger partial charge is 0.408 e. The van der Waals surface area contributed by atoms with Gasteiger partial charge in [-0.3, -0.25) is 4.79 Å². The molecule has 0 saturated carbocycles. The maximum atomic E-state index is 12.7. The first-order valence-corrected chi connectivity index (χ1v) is 10.7. The fourth-order valence-corrected chi connectivity index (χ4v) is 3.89. The molecule has 0 saturated heterocycles. The van der Waals surface area contributed by atoms with Crippen LogP contribution in [-0.2, 0) is 19.4 Å². The Labute approximate surface area is 175 Å². The topological polar surface area (TPSA) is 102 Å². The first-order chi connectivity index (χ1) is 13.4. The van der Waals surface area contributed by atoms with Crippen molar-refractivity contribution in [1.82, 2.24) is 5.32 Å². The number of amides is 2. The van der Waals surface area contributed by atoms with Crippen molar-refractivity contribution in [3.8, 4) is 0 Å². The van der Waals surface area contributed by atoms with Gasteiger partial charge in [-0.15, -0.1) is 0 Å². The largest absolute Gasteiger partial charge is 0.444 e. The number of carbonyl (C=O) groups excluding carboxylic acids is 2. The lowest BCUT2D eigenvalue weighted by atomic mass is 10.2. The van der Waals surface area contributed by atoms with Crippen LogP contribution in [0.2, 0.25) is 5.02 Å². The molecule has 2 aromatic rings. The molecule has 0 bridgehead atoms. The molecular weight excluding hydrogens is 416 g/mol. The zero-order valence-electron chi connectivity index (χ0n) is 16.5. The molecule has 2 rings (SSSR count). The van der Waals surface area contributed by atoms with E-state index in [-0.39, 0.29) is 20.5 Å². The molecular formula is C20H23ClN2O5S. The Kier molecular flexibility index (Phi) is 6.92. The monoisotopic (exact) mass is 438 g/mol. The van der Waals surface area contributed by atoms with Gasteiger partial charge in [-0.05, 0) is 58.0 Å². The van der Waals surface area contributed by atoms with Gasteiger partial charge in [0.05, 0.1) is 20.5 Å². The average molecular weight is 439 g/mol. The number of rotatable bonds is 5. The molecule has 2 aromatic carbocycles. The number of nitrogens with one attached hydrogen (secondary N) is 2. The van der Waals surface area contributed by atoms with Gasteiger partial charge in [-0.2, -0.15) is 0 Å². The van der Waals surface area contributed by atoms with E-state index in [0.29, 0.717) is 0 Å². The Bertz CT molecular complexity index is 1000. The number of sulfone groups is 1. The standard InChI is InChI=1S/C20H23ClN2O5S/c1-13(22-19(25)28-20(2,3)4)18(24)23-17-11-10-15(12-16(17)21)29(26,27)14-8-6-5-7-9-14/h5-13H,1-4H3,(H,22,25)(H,23,24)/t13-/m1/s1. The van der Waals surface area contributed by atoms with E-state index in [1.165, 1.54) is 37.3 Å². The van der Waals surface area contributed by atoms with Crippen LogP contribution in [0.25, 0.3) is 0 Å². The summed E-state index contributed by atoms with van der Waals surface area (Å²) in [6.45, 7) is 6.62. The third kappa shape index (κ3) is 6.20. The van der Waals surface area contributed by atoms with E-state index < -0.39 is 33.5 Å². The van der Waals surface area contributed by atoms with Crippen LogP contribution in [0.1, 0.15) is 27.7 Å². The summed E-state index contributed by atoms with van der Waals surface area (Å²) in [6, 6.07) is 11.1. The SMILES string of the molecule is C[C@@H](NC(=O)OC(C)(C)C)C(=O)Nc1ccc(S(=O)(=O)c2ccccc2)cc1Cl. The maximum Gasteiger partial charge on any atom is 0.408 e. The molecule has 2 N–H and O–H groups in total. The van der Waals surface area contributed by atoms with Gasteiger partial charge in [0, 0.05) is 0 Å². The summed E-state index contributed by atoms with van der Waals surface area (Å²) in [5.74, 6) is -0.531. The van der Waals surface area contributed by atoms with Gasteiger partial charge in [0.1, 0.15) is 11.6 Å². The van der Waals surface area contributed by atoms with Crippen molar-refractivity contribution < 1.29 is 22.7 Å². The Morgan fingerprint density at radius 1 is 1.03 bits per heavy atom. The van der Waals surface area contributed by atoms with E-state index in [9.17, 15) is 18.0 Å². The van der Waals surface area contributed by atoms with Gasteiger partial charge < -0.3 is 15.4 Å². The van der Waals surface area contributed by atoms with Crippen LogP contribution in [0.4, 0.5) is 10.5 Å². The third-order valence-electron chi connectivity index (χ3n) is 3.69. The van der Waals surface area contributed by atoms with Crippen LogP contribution >= 0.6 is 11.6 Å². The van der Waals surface area contributed by atoms with E-state index >= 15 is 0 Å². The number of benzene rings is 2. The highest BCUT2D eigenvalue weighted by atomic mass is 35.5. The summed E-state index contributed by atoms with van der Waals surface area (Å²) in [5.41, 5.74) is -0.467. The summed E-state index contributed by atoms with van der Waals surface area (Å²) >= 11 is 6.17. The summed E-state index contributed by atoms with van der Waals surface area (Å²) in [4.78, 5) is 24.2. The maximum absolute atomic E-state index is 12.7. The first-order valence-electron chi connectivity index (χ1n) is 8.80. The van der Waals surface area contributed by atoms with E-state index in [1.807, 2.05) is 0 Å². The lowest BCUT2D eigenvalue weighted by Crippen LogP contribution is -2.44. The normalized spacial score (nSPS) is 12.7. The molecule has 0 heterocycles.